The fourth-order valence-electron chi connectivity index (χ4n) is 7.21. The van der Waals surface area contributed by atoms with Crippen LogP contribution in [0.25, 0.3) is 0 Å². The number of hydrogen-bond acceptors (Lipinski definition) is 6. The summed E-state index contributed by atoms with van der Waals surface area (Å²) >= 11 is 0. The summed E-state index contributed by atoms with van der Waals surface area (Å²) in [6.07, 6.45) is 45.3. The minimum absolute atomic E-state index is 0.0631. The highest BCUT2D eigenvalue weighted by Gasteiger charge is 2.19. The Morgan fingerprint density at radius 2 is 0.500 bits per heavy atom. The number of unbranched alkanes of at least 4 members (excludes halogenated alkanes) is 33. The molecule has 0 fully saturated rings. The summed E-state index contributed by atoms with van der Waals surface area (Å²) < 4.78 is 16.7. The normalized spacial score (nSPS) is 11.8. The topological polar surface area (TPSA) is 78.9 Å². The van der Waals surface area contributed by atoms with Crippen LogP contribution in [0.1, 0.15) is 271 Å². The van der Waals surface area contributed by atoms with Gasteiger partial charge in [0.15, 0.2) is 6.10 Å². The Balaban J connectivity index is 4.14. The molecule has 1 atom stereocenters. The smallest absolute Gasteiger partial charge is 0.306 e. The summed E-state index contributed by atoms with van der Waals surface area (Å²) in [4.78, 5) is 37.6. The molecule has 320 valence electrons. The second-order valence-corrected chi connectivity index (χ2v) is 16.4. The standard InChI is InChI=1S/C48H92O6/c1-4-7-10-13-16-18-20-21-22-23-24-25-26-27-28-30-32-35-38-41-47(50)53-44-45(43-52-46(49)40-37-34-31-15-12-9-6-3)54-48(51)42-39-36-33-29-19-17-14-11-8-5-2/h45H,4-44H2,1-3H3/t45-/m0/s1. The van der Waals surface area contributed by atoms with Crippen LogP contribution in [0.4, 0.5) is 0 Å². The molecule has 54 heavy (non-hydrogen) atoms. The second kappa shape index (κ2) is 44.1. The van der Waals surface area contributed by atoms with Crippen molar-refractivity contribution in [3.05, 3.63) is 0 Å². The highest BCUT2D eigenvalue weighted by Crippen LogP contribution is 2.16. The lowest BCUT2D eigenvalue weighted by atomic mass is 10.0. The molecule has 0 bridgehead atoms. The van der Waals surface area contributed by atoms with Crippen LogP contribution in [0, 0.1) is 0 Å². The molecule has 0 N–H and O–H groups in total. The Morgan fingerprint density at radius 1 is 0.296 bits per heavy atom. The SMILES string of the molecule is CCCCCCCCCCCCCCCCCCCCCC(=O)OC[C@H](COC(=O)CCCCCCCCC)OC(=O)CCCCCCCCCCCC. The molecule has 0 spiro atoms. The number of carbonyl (C=O) groups is 3. The lowest BCUT2D eigenvalue weighted by molar-refractivity contribution is -0.167. The molecular formula is C48H92O6. The first-order valence-corrected chi connectivity index (χ1v) is 24.0. The minimum atomic E-state index is -0.757. The fraction of sp³-hybridized carbons (Fsp3) is 0.938. The lowest BCUT2D eigenvalue weighted by Crippen LogP contribution is -2.30. The van der Waals surface area contributed by atoms with E-state index in [9.17, 15) is 14.4 Å². The molecule has 6 heteroatoms. The quantitative estimate of drug-likeness (QED) is 0.0349. The second-order valence-electron chi connectivity index (χ2n) is 16.4. The lowest BCUT2D eigenvalue weighted by Gasteiger charge is -2.18. The van der Waals surface area contributed by atoms with E-state index in [0.717, 1.165) is 57.8 Å². The molecule has 0 aromatic carbocycles. The van der Waals surface area contributed by atoms with Gasteiger partial charge < -0.3 is 14.2 Å². The third-order valence-electron chi connectivity index (χ3n) is 10.9. The van der Waals surface area contributed by atoms with Gasteiger partial charge in [0.05, 0.1) is 0 Å². The van der Waals surface area contributed by atoms with Gasteiger partial charge in [0, 0.05) is 19.3 Å². The predicted octanol–water partition coefficient (Wildman–Crippen LogP) is 15.3. The molecule has 0 saturated heterocycles. The minimum Gasteiger partial charge on any atom is -0.462 e. The Hall–Kier alpha value is -1.59. The fourth-order valence-corrected chi connectivity index (χ4v) is 7.21. The van der Waals surface area contributed by atoms with Crippen LogP contribution in [0.15, 0.2) is 0 Å². The molecule has 0 aromatic heterocycles. The highest BCUT2D eigenvalue weighted by atomic mass is 16.6. The molecule has 6 nitrogen and oxygen atoms in total. The van der Waals surface area contributed by atoms with Crippen LogP contribution < -0.4 is 0 Å². The third kappa shape index (κ3) is 41.6. The molecule has 0 aliphatic carbocycles. The van der Waals surface area contributed by atoms with Gasteiger partial charge in [-0.25, -0.2) is 0 Å². The maximum absolute atomic E-state index is 12.7. The monoisotopic (exact) mass is 765 g/mol. The van der Waals surface area contributed by atoms with E-state index in [1.165, 1.54) is 173 Å². The molecule has 0 radical (unpaired) electrons. The molecular weight excluding hydrogens is 673 g/mol. The van der Waals surface area contributed by atoms with E-state index < -0.39 is 6.10 Å². The van der Waals surface area contributed by atoms with E-state index >= 15 is 0 Å². The summed E-state index contributed by atoms with van der Waals surface area (Å²) in [5.41, 5.74) is 0. The number of esters is 3. The summed E-state index contributed by atoms with van der Waals surface area (Å²) in [5.74, 6) is -0.857. The average molecular weight is 765 g/mol. The molecule has 0 saturated carbocycles. The Kier molecular flexibility index (Phi) is 42.8. The van der Waals surface area contributed by atoms with E-state index in [4.69, 9.17) is 14.2 Å². The van der Waals surface area contributed by atoms with Crippen LogP contribution in [-0.4, -0.2) is 37.2 Å². The van der Waals surface area contributed by atoms with Crippen molar-refractivity contribution in [1.29, 1.82) is 0 Å². The van der Waals surface area contributed by atoms with E-state index in [-0.39, 0.29) is 31.1 Å². The zero-order chi connectivity index (χ0) is 39.4. The molecule has 0 aliphatic rings. The maximum Gasteiger partial charge on any atom is 0.306 e. The van der Waals surface area contributed by atoms with Crippen LogP contribution in [0.5, 0.6) is 0 Å². The molecule has 0 unspecified atom stereocenters. The van der Waals surface area contributed by atoms with E-state index in [1.807, 2.05) is 0 Å². The zero-order valence-corrected chi connectivity index (χ0v) is 36.5. The van der Waals surface area contributed by atoms with E-state index in [2.05, 4.69) is 20.8 Å². The van der Waals surface area contributed by atoms with Crippen molar-refractivity contribution in [2.75, 3.05) is 13.2 Å². The van der Waals surface area contributed by atoms with Gasteiger partial charge in [-0.2, -0.15) is 0 Å². The molecule has 0 aromatic rings. The van der Waals surface area contributed by atoms with Crippen molar-refractivity contribution in [2.24, 2.45) is 0 Å². The Bertz CT molecular complexity index is 798. The van der Waals surface area contributed by atoms with Gasteiger partial charge in [-0.05, 0) is 19.3 Å². The van der Waals surface area contributed by atoms with Crippen LogP contribution in [0.2, 0.25) is 0 Å². The maximum atomic E-state index is 12.7. The zero-order valence-electron chi connectivity index (χ0n) is 36.5. The van der Waals surface area contributed by atoms with Gasteiger partial charge in [-0.1, -0.05) is 233 Å². The largest absolute Gasteiger partial charge is 0.462 e. The van der Waals surface area contributed by atoms with Crippen molar-refractivity contribution >= 4 is 17.9 Å². The van der Waals surface area contributed by atoms with Crippen LogP contribution >= 0.6 is 0 Å². The average Bonchev–Trinajstić information content (AvgIpc) is 3.17. The van der Waals surface area contributed by atoms with Crippen molar-refractivity contribution < 1.29 is 28.6 Å². The number of carbonyl (C=O) groups excluding carboxylic acids is 3. The third-order valence-corrected chi connectivity index (χ3v) is 10.9. The number of rotatable bonds is 44. The van der Waals surface area contributed by atoms with Gasteiger partial charge in [-0.15, -0.1) is 0 Å². The molecule has 0 aliphatic heterocycles. The first kappa shape index (κ1) is 52.4. The predicted molar refractivity (Wildman–Crippen MR) is 229 cm³/mol. The van der Waals surface area contributed by atoms with Crippen molar-refractivity contribution in [2.45, 2.75) is 277 Å². The van der Waals surface area contributed by atoms with Gasteiger partial charge >= 0.3 is 17.9 Å². The Morgan fingerprint density at radius 3 is 0.741 bits per heavy atom. The first-order valence-electron chi connectivity index (χ1n) is 24.0. The van der Waals surface area contributed by atoms with Gasteiger partial charge in [0.2, 0.25) is 0 Å². The number of hydrogen-bond donors (Lipinski definition) is 0. The van der Waals surface area contributed by atoms with E-state index in [1.54, 1.807) is 0 Å². The molecule has 0 amide bonds. The van der Waals surface area contributed by atoms with Gasteiger partial charge in [-0.3, -0.25) is 14.4 Å². The summed E-state index contributed by atoms with van der Waals surface area (Å²) in [5, 5.41) is 0. The summed E-state index contributed by atoms with van der Waals surface area (Å²) in [6.45, 7) is 6.61. The number of ether oxygens (including phenoxy) is 3. The highest BCUT2D eigenvalue weighted by molar-refractivity contribution is 5.71. The van der Waals surface area contributed by atoms with Crippen LogP contribution in [0.3, 0.4) is 0 Å². The molecule has 0 heterocycles. The summed E-state index contributed by atoms with van der Waals surface area (Å²) in [6, 6.07) is 0. The van der Waals surface area contributed by atoms with Crippen molar-refractivity contribution in [3.63, 3.8) is 0 Å². The van der Waals surface area contributed by atoms with Gasteiger partial charge in [0.25, 0.3) is 0 Å². The van der Waals surface area contributed by atoms with Crippen molar-refractivity contribution in [3.8, 4) is 0 Å². The Labute approximate surface area is 336 Å². The van der Waals surface area contributed by atoms with Crippen LogP contribution in [-0.2, 0) is 28.6 Å². The first-order chi connectivity index (χ1) is 26.5. The summed E-state index contributed by atoms with van der Waals surface area (Å²) in [7, 11) is 0. The molecule has 0 rings (SSSR count). The van der Waals surface area contributed by atoms with Crippen molar-refractivity contribution in [1.82, 2.24) is 0 Å². The van der Waals surface area contributed by atoms with E-state index in [0.29, 0.717) is 19.3 Å². The van der Waals surface area contributed by atoms with Gasteiger partial charge in [0.1, 0.15) is 13.2 Å².